The Morgan fingerprint density at radius 1 is 1.21 bits per heavy atom. The van der Waals surface area contributed by atoms with Crippen molar-refractivity contribution >= 4 is 5.78 Å². The molecule has 0 saturated carbocycles. The summed E-state index contributed by atoms with van der Waals surface area (Å²) in [6, 6.07) is 0. The second-order valence-corrected chi connectivity index (χ2v) is 3.85. The van der Waals surface area contributed by atoms with Gasteiger partial charge in [-0.15, -0.1) is 0 Å². The van der Waals surface area contributed by atoms with Crippen LogP contribution in [0.1, 0.15) is 12.8 Å². The van der Waals surface area contributed by atoms with E-state index < -0.39 is 0 Å². The number of rotatable bonds is 2. The Hall–Kier alpha value is -0.450. The summed E-state index contributed by atoms with van der Waals surface area (Å²) in [5.41, 5.74) is 0. The van der Waals surface area contributed by atoms with Crippen molar-refractivity contribution in [3.8, 4) is 0 Å². The van der Waals surface area contributed by atoms with Crippen molar-refractivity contribution < 1.29 is 14.3 Å². The summed E-state index contributed by atoms with van der Waals surface area (Å²) in [7, 11) is 0. The molecule has 0 amide bonds. The number of ketones is 1. The lowest BCUT2D eigenvalue weighted by atomic mass is 9.92. The Labute approximate surface area is 84.0 Å². The van der Waals surface area contributed by atoms with E-state index in [1.165, 1.54) is 0 Å². The molecule has 4 heteroatoms. The zero-order chi connectivity index (χ0) is 9.80. The lowest BCUT2D eigenvalue weighted by molar-refractivity contribution is -0.138. The topological polar surface area (TPSA) is 47.6 Å². The van der Waals surface area contributed by atoms with Gasteiger partial charge in [0, 0.05) is 32.2 Å². The summed E-state index contributed by atoms with van der Waals surface area (Å²) < 4.78 is 10.7. The monoisotopic (exact) mass is 199 g/mol. The van der Waals surface area contributed by atoms with Gasteiger partial charge in [0.25, 0.3) is 0 Å². The van der Waals surface area contributed by atoms with Gasteiger partial charge in [-0.05, 0) is 12.8 Å². The minimum Gasteiger partial charge on any atom is -0.381 e. The van der Waals surface area contributed by atoms with E-state index in [0.29, 0.717) is 13.2 Å². The lowest BCUT2D eigenvalue weighted by Crippen LogP contribution is -2.46. The first-order valence-corrected chi connectivity index (χ1v) is 5.32. The van der Waals surface area contributed by atoms with Crippen molar-refractivity contribution in [2.75, 3.05) is 32.9 Å². The van der Waals surface area contributed by atoms with Crippen molar-refractivity contribution in [1.82, 2.24) is 5.32 Å². The summed E-state index contributed by atoms with van der Waals surface area (Å²) in [4.78, 5) is 11.9. The Morgan fingerprint density at radius 2 is 2.00 bits per heavy atom. The summed E-state index contributed by atoms with van der Waals surface area (Å²) in [5, 5.41) is 3.18. The molecule has 0 bridgehead atoms. The molecule has 1 unspecified atom stereocenters. The van der Waals surface area contributed by atoms with Gasteiger partial charge in [0.05, 0.1) is 6.61 Å². The summed E-state index contributed by atoms with van der Waals surface area (Å²) >= 11 is 0. The molecule has 0 radical (unpaired) electrons. The molecular weight excluding hydrogens is 182 g/mol. The number of carbonyl (C=O) groups is 1. The van der Waals surface area contributed by atoms with E-state index >= 15 is 0 Å². The molecule has 4 nitrogen and oxygen atoms in total. The van der Waals surface area contributed by atoms with Crippen LogP contribution in [0.25, 0.3) is 0 Å². The van der Waals surface area contributed by atoms with Gasteiger partial charge < -0.3 is 14.8 Å². The van der Waals surface area contributed by atoms with Gasteiger partial charge in [0.15, 0.2) is 5.78 Å². The van der Waals surface area contributed by atoms with Crippen LogP contribution in [0.4, 0.5) is 0 Å². The fourth-order valence-corrected chi connectivity index (χ4v) is 1.99. The predicted octanol–water partition coefficient (Wildman–Crippen LogP) is -0.0295. The van der Waals surface area contributed by atoms with Gasteiger partial charge in [-0.1, -0.05) is 0 Å². The zero-order valence-corrected chi connectivity index (χ0v) is 8.33. The summed E-state index contributed by atoms with van der Waals surface area (Å²) in [6.45, 7) is 3.63. The van der Waals surface area contributed by atoms with E-state index in [1.54, 1.807) is 0 Å². The van der Waals surface area contributed by atoms with Crippen LogP contribution in [0, 0.1) is 5.92 Å². The molecular formula is C10H17NO3. The van der Waals surface area contributed by atoms with Crippen molar-refractivity contribution in [2.24, 2.45) is 5.92 Å². The molecule has 1 N–H and O–H groups in total. The highest BCUT2D eigenvalue weighted by Crippen LogP contribution is 2.18. The summed E-state index contributed by atoms with van der Waals surface area (Å²) in [5.74, 6) is 0.425. The SMILES string of the molecule is O=C(C1CCOCC1)C1CNCCO1. The second-order valence-electron chi connectivity index (χ2n) is 3.85. The third kappa shape index (κ3) is 2.32. The van der Waals surface area contributed by atoms with E-state index in [9.17, 15) is 4.79 Å². The van der Waals surface area contributed by atoms with Crippen LogP contribution in [-0.4, -0.2) is 44.8 Å². The van der Waals surface area contributed by atoms with Gasteiger partial charge in [-0.3, -0.25) is 4.79 Å². The molecule has 0 aromatic carbocycles. The third-order valence-electron chi connectivity index (χ3n) is 2.87. The molecule has 80 valence electrons. The van der Waals surface area contributed by atoms with E-state index in [4.69, 9.17) is 9.47 Å². The van der Waals surface area contributed by atoms with Crippen molar-refractivity contribution in [3.05, 3.63) is 0 Å². The van der Waals surface area contributed by atoms with Gasteiger partial charge in [-0.25, -0.2) is 0 Å². The van der Waals surface area contributed by atoms with Gasteiger partial charge in [0.1, 0.15) is 6.10 Å². The minimum absolute atomic E-state index is 0.161. The smallest absolute Gasteiger partial charge is 0.166 e. The molecule has 1 atom stereocenters. The third-order valence-corrected chi connectivity index (χ3v) is 2.87. The molecule has 2 aliphatic rings. The molecule has 0 aliphatic carbocycles. The number of nitrogens with one attached hydrogen (secondary N) is 1. The highest BCUT2D eigenvalue weighted by Gasteiger charge is 2.29. The van der Waals surface area contributed by atoms with Crippen LogP contribution in [0.15, 0.2) is 0 Å². The van der Waals surface area contributed by atoms with Crippen LogP contribution in [0.5, 0.6) is 0 Å². The second kappa shape index (κ2) is 4.87. The molecule has 0 spiro atoms. The Balaban J connectivity index is 1.85. The van der Waals surface area contributed by atoms with E-state index in [2.05, 4.69) is 5.32 Å². The van der Waals surface area contributed by atoms with Gasteiger partial charge >= 0.3 is 0 Å². The maximum atomic E-state index is 11.9. The molecule has 0 aromatic rings. The Bertz CT molecular complexity index is 176. The average molecular weight is 199 g/mol. The van der Waals surface area contributed by atoms with E-state index in [1.807, 2.05) is 0 Å². The largest absolute Gasteiger partial charge is 0.381 e. The molecule has 2 rings (SSSR count). The lowest BCUT2D eigenvalue weighted by Gasteiger charge is -2.28. The zero-order valence-electron chi connectivity index (χ0n) is 8.33. The average Bonchev–Trinajstić information content (AvgIpc) is 2.30. The first kappa shape index (κ1) is 10.1. The van der Waals surface area contributed by atoms with Crippen LogP contribution in [-0.2, 0) is 14.3 Å². The molecule has 2 aliphatic heterocycles. The molecule has 2 fully saturated rings. The van der Waals surface area contributed by atoms with Gasteiger partial charge in [0.2, 0.25) is 0 Å². The standard InChI is InChI=1S/C10H17NO3/c12-10(8-1-4-13-5-2-8)9-7-11-3-6-14-9/h8-9,11H,1-7H2. The Morgan fingerprint density at radius 3 is 2.64 bits per heavy atom. The van der Waals surface area contributed by atoms with Crippen molar-refractivity contribution in [2.45, 2.75) is 18.9 Å². The number of hydrogen-bond donors (Lipinski definition) is 1. The molecule has 2 heterocycles. The first-order chi connectivity index (χ1) is 6.88. The number of carbonyl (C=O) groups excluding carboxylic acids is 1. The fourth-order valence-electron chi connectivity index (χ4n) is 1.99. The Kier molecular flexibility index (Phi) is 3.50. The highest BCUT2D eigenvalue weighted by molar-refractivity contribution is 5.85. The first-order valence-electron chi connectivity index (χ1n) is 5.32. The number of morpholine rings is 1. The van der Waals surface area contributed by atoms with Crippen LogP contribution in [0.2, 0.25) is 0 Å². The van der Waals surface area contributed by atoms with Crippen LogP contribution < -0.4 is 5.32 Å². The molecule has 14 heavy (non-hydrogen) atoms. The maximum absolute atomic E-state index is 11.9. The van der Waals surface area contributed by atoms with Crippen LogP contribution in [0.3, 0.4) is 0 Å². The normalized spacial score (nSPS) is 30.1. The van der Waals surface area contributed by atoms with E-state index in [-0.39, 0.29) is 17.8 Å². The van der Waals surface area contributed by atoms with Crippen molar-refractivity contribution in [1.29, 1.82) is 0 Å². The predicted molar refractivity (Wildman–Crippen MR) is 51.2 cm³/mol. The maximum Gasteiger partial charge on any atom is 0.166 e. The number of hydrogen-bond acceptors (Lipinski definition) is 4. The van der Waals surface area contributed by atoms with Gasteiger partial charge in [-0.2, -0.15) is 0 Å². The number of Topliss-reactive ketones (excluding diaryl/α,β-unsaturated/α-hetero) is 1. The minimum atomic E-state index is -0.216. The molecule has 0 aromatic heterocycles. The van der Waals surface area contributed by atoms with Crippen LogP contribution >= 0.6 is 0 Å². The fraction of sp³-hybridized carbons (Fsp3) is 0.900. The van der Waals surface area contributed by atoms with E-state index in [0.717, 1.165) is 32.6 Å². The molecule has 2 saturated heterocycles. The summed E-state index contributed by atoms with van der Waals surface area (Å²) in [6.07, 6.45) is 1.50. The van der Waals surface area contributed by atoms with Crippen molar-refractivity contribution in [3.63, 3.8) is 0 Å². The highest BCUT2D eigenvalue weighted by atomic mass is 16.5. The quantitative estimate of drug-likeness (QED) is 0.678. The number of ether oxygens (including phenoxy) is 2.